The van der Waals surface area contributed by atoms with E-state index in [1.807, 2.05) is 0 Å². The van der Waals surface area contributed by atoms with Crippen molar-refractivity contribution < 1.29 is 13.2 Å². The van der Waals surface area contributed by atoms with Crippen molar-refractivity contribution in [3.8, 4) is 12.1 Å². The van der Waals surface area contributed by atoms with E-state index in [0.717, 1.165) is 6.07 Å². The van der Waals surface area contributed by atoms with Crippen molar-refractivity contribution in [3.63, 3.8) is 0 Å². The monoisotopic (exact) mass is 235 g/mol. The summed E-state index contributed by atoms with van der Waals surface area (Å²) in [5.41, 5.74) is -1.84. The third-order valence-corrected chi connectivity index (χ3v) is 2.04. The molecule has 84 valence electrons. The zero-order valence-electron chi connectivity index (χ0n) is 8.34. The number of rotatable bonds is 1. The molecule has 0 saturated carbocycles. The lowest BCUT2D eigenvalue weighted by molar-refractivity contribution is -0.138. The smallest absolute Gasteiger partial charge is 0.237 e. The second kappa shape index (κ2) is 4.55. The van der Waals surface area contributed by atoms with Crippen molar-refractivity contribution in [3.05, 3.63) is 40.2 Å². The van der Waals surface area contributed by atoms with Crippen LogP contribution in [-0.4, -0.2) is 0 Å². The summed E-state index contributed by atoms with van der Waals surface area (Å²) >= 11 is 0. The Morgan fingerprint density at radius 3 is 2.35 bits per heavy atom. The SMILES string of the molecule is [C-]#[N+]c1cc(C(F)(F)F)c(CC#N)cc1C#N. The molecule has 0 radical (unpaired) electrons. The van der Waals surface area contributed by atoms with Crippen LogP contribution < -0.4 is 0 Å². The topological polar surface area (TPSA) is 51.9 Å². The summed E-state index contributed by atoms with van der Waals surface area (Å²) in [7, 11) is 0. The number of nitriles is 2. The molecule has 0 bridgehead atoms. The lowest BCUT2D eigenvalue weighted by atomic mass is 10.00. The molecule has 3 nitrogen and oxygen atoms in total. The van der Waals surface area contributed by atoms with Crippen molar-refractivity contribution in [2.45, 2.75) is 12.6 Å². The van der Waals surface area contributed by atoms with Crippen LogP contribution in [0.3, 0.4) is 0 Å². The molecule has 17 heavy (non-hydrogen) atoms. The van der Waals surface area contributed by atoms with Crippen LogP contribution in [0.4, 0.5) is 18.9 Å². The third kappa shape index (κ3) is 2.53. The number of hydrogen-bond donors (Lipinski definition) is 0. The second-order valence-electron chi connectivity index (χ2n) is 3.08. The number of nitrogens with zero attached hydrogens (tertiary/aromatic N) is 3. The Morgan fingerprint density at radius 2 is 1.94 bits per heavy atom. The molecule has 0 aliphatic carbocycles. The van der Waals surface area contributed by atoms with Gasteiger partial charge >= 0.3 is 6.18 Å². The standard InChI is InChI=1S/C11H4F3N3/c1-17-10-5-9(11(12,13)14)7(2-3-15)4-8(10)6-16/h4-5H,2H2. The molecule has 0 aromatic heterocycles. The number of alkyl halides is 3. The minimum Gasteiger partial charge on any atom is -0.237 e. The van der Waals surface area contributed by atoms with Gasteiger partial charge in [-0.25, -0.2) is 4.85 Å². The highest BCUT2D eigenvalue weighted by molar-refractivity contribution is 5.62. The van der Waals surface area contributed by atoms with E-state index in [1.54, 1.807) is 12.1 Å². The van der Waals surface area contributed by atoms with Gasteiger partial charge in [0.05, 0.1) is 30.7 Å². The van der Waals surface area contributed by atoms with Gasteiger partial charge in [-0.15, -0.1) is 0 Å². The van der Waals surface area contributed by atoms with E-state index in [0.29, 0.717) is 6.07 Å². The zero-order chi connectivity index (χ0) is 13.1. The highest BCUT2D eigenvalue weighted by Gasteiger charge is 2.34. The number of halogens is 3. The van der Waals surface area contributed by atoms with E-state index in [-0.39, 0.29) is 16.8 Å². The Bertz CT molecular complexity index is 568. The minimum absolute atomic E-state index is 0.154. The van der Waals surface area contributed by atoms with Gasteiger partial charge in [0, 0.05) is 5.56 Å². The van der Waals surface area contributed by atoms with Gasteiger partial charge < -0.3 is 0 Å². The summed E-state index contributed by atoms with van der Waals surface area (Å²) in [5.74, 6) is 0. The Kier molecular flexibility index (Phi) is 3.36. The number of hydrogen-bond acceptors (Lipinski definition) is 2. The van der Waals surface area contributed by atoms with E-state index in [1.165, 1.54) is 0 Å². The average Bonchev–Trinajstić information content (AvgIpc) is 2.27. The summed E-state index contributed by atoms with van der Waals surface area (Å²) in [6, 6.07) is 4.79. The Hall–Kier alpha value is -2.52. The van der Waals surface area contributed by atoms with Crippen LogP contribution in [0, 0.1) is 29.2 Å². The molecule has 1 aromatic carbocycles. The summed E-state index contributed by atoms with van der Waals surface area (Å²) < 4.78 is 37.9. The Labute approximate surface area is 95.1 Å². The van der Waals surface area contributed by atoms with Crippen LogP contribution in [0.5, 0.6) is 0 Å². The first-order chi connectivity index (χ1) is 7.93. The molecule has 0 aliphatic rings. The molecule has 0 saturated heterocycles. The Morgan fingerprint density at radius 1 is 1.29 bits per heavy atom. The minimum atomic E-state index is -4.64. The molecule has 0 heterocycles. The largest absolute Gasteiger partial charge is 0.415 e. The van der Waals surface area contributed by atoms with E-state index in [9.17, 15) is 13.2 Å². The molecule has 0 fully saturated rings. The Balaban J connectivity index is 3.55. The molecule has 0 amide bonds. The lowest BCUT2D eigenvalue weighted by Crippen LogP contribution is -2.09. The second-order valence-corrected chi connectivity index (χ2v) is 3.08. The molecule has 0 spiro atoms. The fraction of sp³-hybridized carbons (Fsp3) is 0.182. The third-order valence-electron chi connectivity index (χ3n) is 2.04. The average molecular weight is 235 g/mol. The maximum atomic E-state index is 12.6. The van der Waals surface area contributed by atoms with Gasteiger partial charge in [-0.1, -0.05) is 6.07 Å². The fourth-order valence-corrected chi connectivity index (χ4v) is 1.31. The van der Waals surface area contributed by atoms with Crippen LogP contribution in [0.25, 0.3) is 4.85 Å². The fourth-order valence-electron chi connectivity index (χ4n) is 1.31. The van der Waals surface area contributed by atoms with E-state index >= 15 is 0 Å². The molecule has 1 aromatic rings. The molecule has 6 heteroatoms. The first kappa shape index (κ1) is 12.5. The van der Waals surface area contributed by atoms with Crippen molar-refractivity contribution in [1.29, 1.82) is 10.5 Å². The summed E-state index contributed by atoms with van der Waals surface area (Å²) in [4.78, 5) is 2.86. The van der Waals surface area contributed by atoms with Gasteiger partial charge in [-0.2, -0.15) is 23.7 Å². The normalized spacial score (nSPS) is 10.1. The van der Waals surface area contributed by atoms with Crippen LogP contribution in [0.15, 0.2) is 12.1 Å². The van der Waals surface area contributed by atoms with Gasteiger partial charge in [0.1, 0.15) is 0 Å². The van der Waals surface area contributed by atoms with Crippen LogP contribution >= 0.6 is 0 Å². The van der Waals surface area contributed by atoms with Crippen LogP contribution in [0.1, 0.15) is 16.7 Å². The van der Waals surface area contributed by atoms with Crippen LogP contribution in [0.2, 0.25) is 0 Å². The van der Waals surface area contributed by atoms with Crippen LogP contribution in [-0.2, 0) is 12.6 Å². The lowest BCUT2D eigenvalue weighted by Gasteiger charge is -2.12. The quantitative estimate of drug-likeness (QED) is 0.702. The van der Waals surface area contributed by atoms with Crippen molar-refractivity contribution in [1.82, 2.24) is 0 Å². The maximum absolute atomic E-state index is 12.6. The maximum Gasteiger partial charge on any atom is 0.415 e. The summed E-state index contributed by atoms with van der Waals surface area (Å²) in [6.07, 6.45) is -5.10. The van der Waals surface area contributed by atoms with Gasteiger partial charge in [0.15, 0.2) is 0 Å². The molecular formula is C11H4F3N3. The highest BCUT2D eigenvalue weighted by Crippen LogP contribution is 2.36. The predicted molar refractivity (Wildman–Crippen MR) is 51.7 cm³/mol. The van der Waals surface area contributed by atoms with Gasteiger partial charge in [0.25, 0.3) is 0 Å². The molecule has 1 rings (SSSR count). The van der Waals surface area contributed by atoms with Crippen molar-refractivity contribution in [2.75, 3.05) is 0 Å². The highest BCUT2D eigenvalue weighted by atomic mass is 19.4. The van der Waals surface area contributed by atoms with E-state index in [4.69, 9.17) is 17.1 Å². The van der Waals surface area contributed by atoms with Gasteiger partial charge in [0.2, 0.25) is 5.69 Å². The molecular weight excluding hydrogens is 231 g/mol. The zero-order valence-corrected chi connectivity index (χ0v) is 8.34. The van der Waals surface area contributed by atoms with E-state index in [2.05, 4.69) is 4.85 Å². The van der Waals surface area contributed by atoms with Gasteiger partial charge in [-0.05, 0) is 11.6 Å². The van der Waals surface area contributed by atoms with Gasteiger partial charge in [-0.3, -0.25) is 0 Å². The van der Waals surface area contributed by atoms with E-state index < -0.39 is 18.2 Å². The molecule has 0 atom stereocenters. The summed E-state index contributed by atoms with van der Waals surface area (Å²) in [5, 5.41) is 17.1. The first-order valence-electron chi connectivity index (χ1n) is 4.32. The molecule has 0 aliphatic heterocycles. The summed E-state index contributed by atoms with van der Waals surface area (Å²) in [6.45, 7) is 6.70. The van der Waals surface area contributed by atoms with Crippen molar-refractivity contribution in [2.24, 2.45) is 0 Å². The molecule has 0 unspecified atom stereocenters. The predicted octanol–water partition coefficient (Wildman–Crippen LogP) is 3.19. The molecule has 0 N–H and O–H groups in total. The van der Waals surface area contributed by atoms with Crippen molar-refractivity contribution >= 4 is 5.69 Å². The first-order valence-corrected chi connectivity index (χ1v) is 4.32. The number of benzene rings is 1.